The quantitative estimate of drug-likeness (QED) is 0.479. The van der Waals surface area contributed by atoms with E-state index in [4.69, 9.17) is 10.8 Å². The largest absolute Gasteiger partial charge is 0.506 e. The van der Waals surface area contributed by atoms with E-state index in [1.165, 1.54) is 12.1 Å². The molecule has 17 heavy (non-hydrogen) atoms. The minimum absolute atomic E-state index is 0.0598. The first kappa shape index (κ1) is 12.8. The normalized spacial score (nSPS) is 9.71. The van der Waals surface area contributed by atoms with Crippen molar-refractivity contribution in [2.75, 3.05) is 18.4 Å². The highest BCUT2D eigenvalue weighted by atomic mass is 16.4. The fourth-order valence-electron chi connectivity index (χ4n) is 1.12. The van der Waals surface area contributed by atoms with Crippen molar-refractivity contribution in [3.8, 4) is 5.75 Å². The van der Waals surface area contributed by atoms with Crippen LogP contribution in [0.15, 0.2) is 18.2 Å². The second-order valence-corrected chi connectivity index (χ2v) is 3.21. The number of carbonyl (C=O) groups is 2. The average molecular weight is 239 g/mol. The van der Waals surface area contributed by atoms with Gasteiger partial charge in [0.05, 0.1) is 11.3 Å². The van der Waals surface area contributed by atoms with Gasteiger partial charge in [-0.2, -0.15) is 0 Å². The van der Waals surface area contributed by atoms with E-state index in [1.54, 1.807) is 0 Å². The summed E-state index contributed by atoms with van der Waals surface area (Å²) in [4.78, 5) is 21.8. The third kappa shape index (κ3) is 3.65. The maximum absolute atomic E-state index is 11.2. The molecule has 0 heterocycles. The van der Waals surface area contributed by atoms with Crippen LogP contribution >= 0.6 is 0 Å². The number of aromatic hydroxyl groups is 1. The maximum Gasteiger partial charge on any atom is 0.335 e. The molecule has 0 bridgehead atoms. The minimum atomic E-state index is -1.15. The smallest absolute Gasteiger partial charge is 0.335 e. The Labute approximate surface area is 97.2 Å². The molecule has 0 aliphatic heterocycles. The molecule has 2 amide bonds. The second-order valence-electron chi connectivity index (χ2n) is 3.21. The van der Waals surface area contributed by atoms with Gasteiger partial charge in [0.25, 0.3) is 0 Å². The summed E-state index contributed by atoms with van der Waals surface area (Å²) in [6.07, 6.45) is 0. The lowest BCUT2D eigenvalue weighted by molar-refractivity contribution is 0.0696. The van der Waals surface area contributed by atoms with Gasteiger partial charge in [-0.25, -0.2) is 9.59 Å². The summed E-state index contributed by atoms with van der Waals surface area (Å²) in [7, 11) is 0. The molecule has 0 aliphatic carbocycles. The monoisotopic (exact) mass is 239 g/mol. The molecule has 0 unspecified atom stereocenters. The van der Waals surface area contributed by atoms with Crippen LogP contribution in [0, 0.1) is 0 Å². The number of nitrogens with one attached hydrogen (secondary N) is 2. The Hall–Kier alpha value is -2.28. The number of nitrogens with two attached hydrogens (primary N) is 1. The Morgan fingerprint density at radius 1 is 1.35 bits per heavy atom. The number of hydrogen-bond acceptors (Lipinski definition) is 4. The molecule has 6 N–H and O–H groups in total. The number of benzene rings is 1. The Bertz CT molecular complexity index is 434. The van der Waals surface area contributed by atoms with Crippen LogP contribution in [0.25, 0.3) is 0 Å². The van der Waals surface area contributed by atoms with Gasteiger partial charge in [0.15, 0.2) is 0 Å². The van der Waals surface area contributed by atoms with Gasteiger partial charge in [0.1, 0.15) is 5.75 Å². The minimum Gasteiger partial charge on any atom is -0.506 e. The van der Waals surface area contributed by atoms with Crippen molar-refractivity contribution in [1.29, 1.82) is 0 Å². The van der Waals surface area contributed by atoms with E-state index in [9.17, 15) is 14.7 Å². The summed E-state index contributed by atoms with van der Waals surface area (Å²) in [5.41, 5.74) is 5.27. The molecule has 0 aliphatic rings. The Balaban J connectivity index is 2.72. The number of amides is 2. The molecule has 7 heteroatoms. The highest BCUT2D eigenvalue weighted by Crippen LogP contribution is 2.24. The molecule has 1 rings (SSSR count). The Morgan fingerprint density at radius 3 is 2.59 bits per heavy atom. The number of carboxylic acid groups (broad SMARTS) is 1. The third-order valence-corrected chi connectivity index (χ3v) is 1.92. The van der Waals surface area contributed by atoms with E-state index in [2.05, 4.69) is 10.6 Å². The van der Waals surface area contributed by atoms with Crippen molar-refractivity contribution < 1.29 is 19.8 Å². The van der Waals surface area contributed by atoms with Crippen LogP contribution in [0.5, 0.6) is 5.75 Å². The highest BCUT2D eigenvalue weighted by Gasteiger charge is 2.09. The van der Waals surface area contributed by atoms with Crippen LogP contribution in [-0.2, 0) is 0 Å². The van der Waals surface area contributed by atoms with E-state index in [-0.39, 0.29) is 17.0 Å². The molecular formula is C10H13N3O4. The topological polar surface area (TPSA) is 125 Å². The van der Waals surface area contributed by atoms with Gasteiger partial charge in [0.2, 0.25) is 0 Å². The number of rotatable bonds is 4. The van der Waals surface area contributed by atoms with Crippen molar-refractivity contribution >= 4 is 17.7 Å². The number of carbonyl (C=O) groups excluding carboxylic acids is 1. The maximum atomic E-state index is 11.2. The zero-order valence-electron chi connectivity index (χ0n) is 8.93. The van der Waals surface area contributed by atoms with Gasteiger partial charge in [-0.05, 0) is 18.2 Å². The SMILES string of the molecule is NCCNC(=O)Nc1ccc(C(=O)O)cc1O. The molecule has 0 atom stereocenters. The first-order chi connectivity index (χ1) is 8.04. The summed E-state index contributed by atoms with van der Waals surface area (Å²) in [5, 5.41) is 23.0. The number of urea groups is 1. The van der Waals surface area contributed by atoms with Gasteiger partial charge >= 0.3 is 12.0 Å². The second kappa shape index (κ2) is 5.71. The van der Waals surface area contributed by atoms with Crippen LogP contribution in [0.4, 0.5) is 10.5 Å². The summed E-state index contributed by atoms with van der Waals surface area (Å²) in [6, 6.07) is 3.12. The van der Waals surface area contributed by atoms with Crippen LogP contribution in [0.1, 0.15) is 10.4 Å². The molecule has 7 nitrogen and oxygen atoms in total. The van der Waals surface area contributed by atoms with E-state index < -0.39 is 12.0 Å². The zero-order valence-corrected chi connectivity index (χ0v) is 8.93. The summed E-state index contributed by atoms with van der Waals surface area (Å²) in [5.74, 6) is -1.47. The predicted molar refractivity (Wildman–Crippen MR) is 61.1 cm³/mol. The van der Waals surface area contributed by atoms with Gasteiger partial charge < -0.3 is 26.6 Å². The highest BCUT2D eigenvalue weighted by molar-refractivity contribution is 5.93. The van der Waals surface area contributed by atoms with E-state index in [1.807, 2.05) is 0 Å². The van der Waals surface area contributed by atoms with E-state index >= 15 is 0 Å². The lowest BCUT2D eigenvalue weighted by Gasteiger charge is -2.08. The molecular weight excluding hydrogens is 226 g/mol. The van der Waals surface area contributed by atoms with Gasteiger partial charge in [-0.1, -0.05) is 0 Å². The molecule has 1 aromatic carbocycles. The zero-order chi connectivity index (χ0) is 12.8. The van der Waals surface area contributed by atoms with Crippen molar-refractivity contribution in [3.05, 3.63) is 23.8 Å². The Morgan fingerprint density at radius 2 is 2.06 bits per heavy atom. The van der Waals surface area contributed by atoms with Crippen LogP contribution in [0.3, 0.4) is 0 Å². The van der Waals surface area contributed by atoms with Gasteiger partial charge in [0, 0.05) is 13.1 Å². The van der Waals surface area contributed by atoms with Crippen molar-refractivity contribution in [2.24, 2.45) is 5.73 Å². The van der Waals surface area contributed by atoms with Crippen LogP contribution in [-0.4, -0.2) is 35.3 Å². The average Bonchev–Trinajstić information content (AvgIpc) is 2.28. The molecule has 0 fully saturated rings. The lowest BCUT2D eigenvalue weighted by atomic mass is 10.2. The fraction of sp³-hybridized carbons (Fsp3) is 0.200. The van der Waals surface area contributed by atoms with E-state index in [0.717, 1.165) is 6.07 Å². The fourth-order valence-corrected chi connectivity index (χ4v) is 1.12. The molecule has 0 saturated heterocycles. The van der Waals surface area contributed by atoms with Crippen molar-refractivity contribution in [3.63, 3.8) is 0 Å². The van der Waals surface area contributed by atoms with Gasteiger partial charge in [-0.15, -0.1) is 0 Å². The molecule has 0 saturated carbocycles. The van der Waals surface area contributed by atoms with E-state index in [0.29, 0.717) is 13.1 Å². The first-order valence-electron chi connectivity index (χ1n) is 4.86. The molecule has 0 radical (unpaired) electrons. The third-order valence-electron chi connectivity index (χ3n) is 1.92. The van der Waals surface area contributed by atoms with Crippen molar-refractivity contribution in [2.45, 2.75) is 0 Å². The number of phenols is 1. The molecule has 0 aromatic heterocycles. The first-order valence-corrected chi connectivity index (χ1v) is 4.86. The van der Waals surface area contributed by atoms with Gasteiger partial charge in [-0.3, -0.25) is 0 Å². The molecule has 1 aromatic rings. The number of phenolic OH excluding ortho intramolecular Hbond substituents is 1. The number of anilines is 1. The number of hydrogen-bond donors (Lipinski definition) is 5. The summed E-state index contributed by atoms with van der Waals surface area (Å²) in [6.45, 7) is 0.608. The molecule has 0 spiro atoms. The molecule has 92 valence electrons. The standard InChI is InChI=1S/C10H13N3O4/c11-3-4-12-10(17)13-7-2-1-6(9(15)16)5-8(7)14/h1-2,5,14H,3-4,11H2,(H,15,16)(H2,12,13,17). The van der Waals surface area contributed by atoms with Crippen molar-refractivity contribution in [1.82, 2.24) is 5.32 Å². The number of carboxylic acids is 1. The summed E-state index contributed by atoms with van der Waals surface area (Å²) >= 11 is 0. The Kier molecular flexibility index (Phi) is 4.29. The lowest BCUT2D eigenvalue weighted by Crippen LogP contribution is -2.32. The van der Waals surface area contributed by atoms with Crippen LogP contribution in [0.2, 0.25) is 0 Å². The summed E-state index contributed by atoms with van der Waals surface area (Å²) < 4.78 is 0. The van der Waals surface area contributed by atoms with Crippen LogP contribution < -0.4 is 16.4 Å². The predicted octanol–water partition coefficient (Wildman–Crippen LogP) is 0.171. The number of aromatic carboxylic acids is 1.